The van der Waals surface area contributed by atoms with Crippen LogP contribution in [0.4, 0.5) is 5.82 Å². The summed E-state index contributed by atoms with van der Waals surface area (Å²) in [5.74, 6) is 1.68. The summed E-state index contributed by atoms with van der Waals surface area (Å²) >= 11 is 0. The van der Waals surface area contributed by atoms with Gasteiger partial charge in [-0.3, -0.25) is 0 Å². The fraction of sp³-hybridized carbons (Fsp3) is 0.300. The Morgan fingerprint density at radius 1 is 1.00 bits per heavy atom. The molecule has 0 bridgehead atoms. The zero-order valence-electron chi connectivity index (χ0n) is 15.0. The van der Waals surface area contributed by atoms with E-state index >= 15 is 0 Å². The first-order valence-electron chi connectivity index (χ1n) is 8.36. The molecule has 0 radical (unpaired) electrons. The van der Waals surface area contributed by atoms with Crippen molar-refractivity contribution in [2.24, 2.45) is 0 Å². The molecule has 0 atom stereocenters. The Morgan fingerprint density at radius 2 is 1.80 bits per heavy atom. The van der Waals surface area contributed by atoms with Gasteiger partial charge in [-0.25, -0.2) is 9.97 Å². The number of aryl methyl sites for hydroxylation is 1. The quantitative estimate of drug-likeness (QED) is 0.669. The standard InChI is InChI=1S/C20H24N4.ClH/c1-15-8-6-9-16(14-15)19-22-18-11-5-4-10-17(18)20(23-19)21-12-7-13-24(2)3;/h4-6,8-11,14H,7,12-13H2,1-3H3,(H,21,22,23);1H/p-1. The van der Waals surface area contributed by atoms with Crippen LogP contribution in [0.2, 0.25) is 0 Å². The number of rotatable bonds is 6. The second-order valence-corrected chi connectivity index (χ2v) is 6.37. The van der Waals surface area contributed by atoms with E-state index in [1.165, 1.54) is 5.56 Å². The number of fused-ring (bicyclic) bond motifs is 1. The zero-order chi connectivity index (χ0) is 16.9. The number of aromatic nitrogens is 2. The lowest BCUT2D eigenvalue weighted by molar-refractivity contribution is -0.00000513. The van der Waals surface area contributed by atoms with Gasteiger partial charge in [0.15, 0.2) is 5.82 Å². The van der Waals surface area contributed by atoms with Crippen molar-refractivity contribution >= 4 is 16.7 Å². The van der Waals surface area contributed by atoms with Crippen LogP contribution < -0.4 is 17.7 Å². The highest BCUT2D eigenvalue weighted by Crippen LogP contribution is 2.25. The number of benzene rings is 2. The van der Waals surface area contributed by atoms with Crippen LogP contribution in [0.15, 0.2) is 48.5 Å². The first kappa shape index (κ1) is 19.2. The number of nitrogens with zero attached hydrogens (tertiary/aromatic N) is 3. The van der Waals surface area contributed by atoms with Crippen LogP contribution >= 0.6 is 0 Å². The first-order valence-corrected chi connectivity index (χ1v) is 8.36. The summed E-state index contributed by atoms with van der Waals surface area (Å²) in [6.45, 7) is 4.04. The Morgan fingerprint density at radius 3 is 2.56 bits per heavy atom. The number of para-hydroxylation sites is 1. The van der Waals surface area contributed by atoms with Crippen LogP contribution in [0.3, 0.4) is 0 Å². The molecule has 1 heterocycles. The third kappa shape index (κ3) is 4.91. The molecule has 25 heavy (non-hydrogen) atoms. The van der Waals surface area contributed by atoms with Gasteiger partial charge >= 0.3 is 0 Å². The average molecular weight is 356 g/mol. The van der Waals surface area contributed by atoms with Gasteiger partial charge in [-0.15, -0.1) is 0 Å². The van der Waals surface area contributed by atoms with E-state index in [9.17, 15) is 0 Å². The fourth-order valence-corrected chi connectivity index (χ4v) is 2.73. The molecular weight excluding hydrogens is 332 g/mol. The highest BCUT2D eigenvalue weighted by Gasteiger charge is 2.09. The molecule has 3 rings (SSSR count). The molecule has 0 unspecified atom stereocenters. The highest BCUT2D eigenvalue weighted by molar-refractivity contribution is 5.90. The molecule has 3 aromatic rings. The van der Waals surface area contributed by atoms with E-state index in [1.807, 2.05) is 24.3 Å². The largest absolute Gasteiger partial charge is 1.00 e. The van der Waals surface area contributed by atoms with E-state index in [1.54, 1.807) is 0 Å². The summed E-state index contributed by atoms with van der Waals surface area (Å²) in [6.07, 6.45) is 1.07. The highest BCUT2D eigenvalue weighted by atomic mass is 35.5. The Kier molecular flexibility index (Phi) is 6.73. The molecule has 0 aliphatic rings. The molecule has 0 spiro atoms. The Bertz CT molecular complexity index is 833. The molecular formula is C20H24ClN4-. The SMILES string of the molecule is Cc1cccc(-c2nc(NCCCN(C)C)c3ccccc3n2)c1.[Cl-]. The van der Waals surface area contributed by atoms with E-state index < -0.39 is 0 Å². The molecule has 1 N–H and O–H groups in total. The molecule has 0 amide bonds. The molecule has 132 valence electrons. The van der Waals surface area contributed by atoms with Gasteiger partial charge in [-0.05, 0) is 52.2 Å². The van der Waals surface area contributed by atoms with Crippen LogP contribution in [-0.2, 0) is 0 Å². The van der Waals surface area contributed by atoms with Crippen LogP contribution in [-0.4, -0.2) is 42.1 Å². The van der Waals surface area contributed by atoms with Gasteiger partial charge in [-0.1, -0.05) is 35.9 Å². The maximum atomic E-state index is 4.79. The number of nitrogens with one attached hydrogen (secondary N) is 1. The van der Waals surface area contributed by atoms with Crippen molar-refractivity contribution in [3.63, 3.8) is 0 Å². The van der Waals surface area contributed by atoms with Crippen molar-refractivity contribution in [3.05, 3.63) is 54.1 Å². The summed E-state index contributed by atoms with van der Waals surface area (Å²) in [4.78, 5) is 11.7. The molecule has 1 aromatic heterocycles. The minimum Gasteiger partial charge on any atom is -1.00 e. The van der Waals surface area contributed by atoms with Gasteiger partial charge in [0.25, 0.3) is 0 Å². The van der Waals surface area contributed by atoms with Crippen molar-refractivity contribution in [3.8, 4) is 11.4 Å². The monoisotopic (exact) mass is 355 g/mol. The maximum absolute atomic E-state index is 4.79. The fourth-order valence-electron chi connectivity index (χ4n) is 2.73. The molecule has 0 aliphatic heterocycles. The van der Waals surface area contributed by atoms with Gasteiger partial charge in [0, 0.05) is 17.5 Å². The van der Waals surface area contributed by atoms with Gasteiger partial charge in [0.2, 0.25) is 0 Å². The lowest BCUT2D eigenvalue weighted by Gasteiger charge is -2.13. The predicted molar refractivity (Wildman–Crippen MR) is 101 cm³/mol. The third-order valence-electron chi connectivity index (χ3n) is 3.95. The Labute approximate surface area is 155 Å². The van der Waals surface area contributed by atoms with Crippen LogP contribution in [0.25, 0.3) is 22.3 Å². The van der Waals surface area contributed by atoms with E-state index in [0.717, 1.165) is 47.6 Å². The molecule has 0 fully saturated rings. The average Bonchev–Trinajstić information content (AvgIpc) is 2.58. The van der Waals surface area contributed by atoms with E-state index in [-0.39, 0.29) is 12.4 Å². The Hall–Kier alpha value is -2.17. The molecule has 0 saturated heterocycles. The number of hydrogen-bond donors (Lipinski definition) is 1. The van der Waals surface area contributed by atoms with Crippen molar-refractivity contribution < 1.29 is 12.4 Å². The minimum atomic E-state index is 0. The van der Waals surface area contributed by atoms with Crippen molar-refractivity contribution in [1.29, 1.82) is 0 Å². The third-order valence-corrected chi connectivity index (χ3v) is 3.95. The topological polar surface area (TPSA) is 41.1 Å². The molecule has 4 nitrogen and oxygen atoms in total. The normalized spacial score (nSPS) is 10.7. The second-order valence-electron chi connectivity index (χ2n) is 6.37. The van der Waals surface area contributed by atoms with Gasteiger partial charge in [0.1, 0.15) is 5.82 Å². The number of anilines is 1. The summed E-state index contributed by atoms with van der Waals surface area (Å²) in [6, 6.07) is 16.5. The summed E-state index contributed by atoms with van der Waals surface area (Å²) in [5, 5.41) is 4.56. The van der Waals surface area contributed by atoms with E-state index in [4.69, 9.17) is 9.97 Å². The molecule has 0 saturated carbocycles. The summed E-state index contributed by atoms with van der Waals surface area (Å²) in [7, 11) is 4.19. The summed E-state index contributed by atoms with van der Waals surface area (Å²) < 4.78 is 0. The van der Waals surface area contributed by atoms with Crippen molar-refractivity contribution in [2.75, 3.05) is 32.5 Å². The maximum Gasteiger partial charge on any atom is 0.162 e. The minimum absolute atomic E-state index is 0. The predicted octanol–water partition coefficient (Wildman–Crippen LogP) is 0.973. The van der Waals surface area contributed by atoms with Crippen LogP contribution in [0.1, 0.15) is 12.0 Å². The van der Waals surface area contributed by atoms with E-state index in [2.05, 4.69) is 55.5 Å². The Balaban J connectivity index is 0.00000225. The number of hydrogen-bond acceptors (Lipinski definition) is 4. The van der Waals surface area contributed by atoms with Crippen LogP contribution in [0, 0.1) is 6.92 Å². The second kappa shape index (κ2) is 8.79. The molecule has 0 aliphatic carbocycles. The summed E-state index contributed by atoms with van der Waals surface area (Å²) in [5.41, 5.74) is 3.24. The van der Waals surface area contributed by atoms with Crippen molar-refractivity contribution in [2.45, 2.75) is 13.3 Å². The smallest absolute Gasteiger partial charge is 0.162 e. The lowest BCUT2D eigenvalue weighted by atomic mass is 10.1. The number of halogens is 1. The molecule has 5 heteroatoms. The van der Waals surface area contributed by atoms with Gasteiger partial charge < -0.3 is 22.6 Å². The first-order chi connectivity index (χ1) is 11.6. The van der Waals surface area contributed by atoms with Gasteiger partial charge in [0.05, 0.1) is 5.52 Å². The lowest BCUT2D eigenvalue weighted by Crippen LogP contribution is -3.00. The van der Waals surface area contributed by atoms with Crippen molar-refractivity contribution in [1.82, 2.24) is 14.9 Å². The van der Waals surface area contributed by atoms with Gasteiger partial charge in [-0.2, -0.15) is 0 Å². The molecule has 2 aromatic carbocycles. The van der Waals surface area contributed by atoms with E-state index in [0.29, 0.717) is 0 Å². The zero-order valence-corrected chi connectivity index (χ0v) is 15.7. The van der Waals surface area contributed by atoms with Crippen LogP contribution in [0.5, 0.6) is 0 Å².